The van der Waals surface area contributed by atoms with E-state index in [9.17, 15) is 4.79 Å². The fraction of sp³-hybridized carbons (Fsp3) is 0.533. The third kappa shape index (κ3) is 3.96. The molecule has 1 saturated heterocycles. The van der Waals surface area contributed by atoms with Crippen molar-refractivity contribution >= 4 is 21.8 Å². The molecule has 0 bridgehead atoms. The summed E-state index contributed by atoms with van der Waals surface area (Å²) in [6.45, 7) is 2.73. The van der Waals surface area contributed by atoms with Crippen molar-refractivity contribution in [2.45, 2.75) is 38.3 Å². The lowest BCUT2D eigenvalue weighted by Crippen LogP contribution is -2.29. The van der Waals surface area contributed by atoms with Gasteiger partial charge in [-0.05, 0) is 31.9 Å². The van der Waals surface area contributed by atoms with Gasteiger partial charge in [0, 0.05) is 16.6 Å². The molecule has 1 amide bonds. The topological polar surface area (TPSA) is 47.6 Å². The summed E-state index contributed by atoms with van der Waals surface area (Å²) in [6, 6.07) is 5.71. The lowest BCUT2D eigenvalue weighted by molar-refractivity contribution is -0.123. The van der Waals surface area contributed by atoms with E-state index >= 15 is 0 Å². The van der Waals surface area contributed by atoms with E-state index in [1.165, 1.54) is 0 Å². The number of nitrogens with one attached hydrogen (secondary N) is 1. The Morgan fingerprint density at radius 3 is 3.05 bits per heavy atom. The Balaban J connectivity index is 1.96. The predicted octanol–water partition coefficient (Wildman–Crippen LogP) is 3.20. The smallest absolute Gasteiger partial charge is 0.223 e. The minimum atomic E-state index is -0.0908. The highest BCUT2D eigenvalue weighted by atomic mass is 79.9. The first-order valence-electron chi connectivity index (χ1n) is 6.84. The molecule has 1 heterocycles. The van der Waals surface area contributed by atoms with Gasteiger partial charge in [0.15, 0.2) is 0 Å². The van der Waals surface area contributed by atoms with Crippen molar-refractivity contribution in [1.82, 2.24) is 5.32 Å². The number of rotatable bonds is 5. The molecule has 1 N–H and O–H groups in total. The van der Waals surface area contributed by atoms with Gasteiger partial charge in [0.2, 0.25) is 5.91 Å². The zero-order chi connectivity index (χ0) is 14.5. The van der Waals surface area contributed by atoms with Crippen LogP contribution in [0, 0.1) is 0 Å². The molecule has 2 rings (SSSR count). The van der Waals surface area contributed by atoms with Crippen LogP contribution in [0.2, 0.25) is 0 Å². The summed E-state index contributed by atoms with van der Waals surface area (Å²) in [4.78, 5) is 12.0. The summed E-state index contributed by atoms with van der Waals surface area (Å²) in [5.41, 5.74) is 0.969. The maximum atomic E-state index is 12.0. The molecule has 1 aliphatic rings. The van der Waals surface area contributed by atoms with Crippen molar-refractivity contribution in [3.05, 3.63) is 28.2 Å². The number of amides is 1. The summed E-state index contributed by atoms with van der Waals surface area (Å²) in [5, 5.41) is 3.00. The molecule has 0 aromatic heterocycles. The number of hydrogen-bond donors (Lipinski definition) is 1. The fourth-order valence-electron chi connectivity index (χ4n) is 2.43. The molecule has 0 aliphatic carbocycles. The van der Waals surface area contributed by atoms with Crippen LogP contribution in [-0.4, -0.2) is 25.7 Å². The monoisotopic (exact) mass is 341 g/mol. The maximum Gasteiger partial charge on any atom is 0.223 e. The van der Waals surface area contributed by atoms with Crippen molar-refractivity contribution in [3.8, 4) is 5.75 Å². The normalized spacial score (nSPS) is 19.6. The molecule has 1 aromatic carbocycles. The van der Waals surface area contributed by atoms with Crippen molar-refractivity contribution in [2.24, 2.45) is 0 Å². The number of carbonyl (C=O) groups is 1. The lowest BCUT2D eigenvalue weighted by Gasteiger charge is -2.18. The molecule has 5 heteroatoms. The van der Waals surface area contributed by atoms with Gasteiger partial charge in [0.05, 0.1) is 25.7 Å². The molecule has 0 unspecified atom stereocenters. The SMILES string of the molecule is COc1cc(Br)ccc1[C@@H](C)NC(=O)C[C@@H]1CCCO1. The zero-order valence-corrected chi connectivity index (χ0v) is 13.4. The highest BCUT2D eigenvalue weighted by molar-refractivity contribution is 9.10. The van der Waals surface area contributed by atoms with Crippen LogP contribution in [0.3, 0.4) is 0 Å². The third-order valence-electron chi connectivity index (χ3n) is 3.48. The predicted molar refractivity (Wildman–Crippen MR) is 80.8 cm³/mol. The second kappa shape index (κ2) is 7.09. The first-order valence-corrected chi connectivity index (χ1v) is 7.64. The Morgan fingerprint density at radius 2 is 2.40 bits per heavy atom. The van der Waals surface area contributed by atoms with Crippen molar-refractivity contribution in [1.29, 1.82) is 0 Å². The van der Waals surface area contributed by atoms with Crippen LogP contribution in [-0.2, 0) is 9.53 Å². The first kappa shape index (κ1) is 15.3. The molecule has 20 heavy (non-hydrogen) atoms. The Kier molecular flexibility index (Phi) is 5.43. The average Bonchev–Trinajstić information content (AvgIpc) is 2.90. The van der Waals surface area contributed by atoms with E-state index in [2.05, 4.69) is 21.2 Å². The third-order valence-corrected chi connectivity index (χ3v) is 3.97. The van der Waals surface area contributed by atoms with Gasteiger partial charge in [-0.2, -0.15) is 0 Å². The van der Waals surface area contributed by atoms with Crippen LogP contribution >= 0.6 is 15.9 Å². The van der Waals surface area contributed by atoms with Gasteiger partial charge in [0.25, 0.3) is 0 Å². The van der Waals surface area contributed by atoms with Gasteiger partial charge in [-0.25, -0.2) is 0 Å². The summed E-state index contributed by atoms with van der Waals surface area (Å²) in [5.74, 6) is 0.790. The maximum absolute atomic E-state index is 12.0. The summed E-state index contributed by atoms with van der Waals surface area (Å²) < 4.78 is 11.8. The molecule has 110 valence electrons. The quantitative estimate of drug-likeness (QED) is 0.894. The van der Waals surface area contributed by atoms with E-state index < -0.39 is 0 Å². The minimum Gasteiger partial charge on any atom is -0.496 e. The molecule has 4 nitrogen and oxygen atoms in total. The van der Waals surface area contributed by atoms with E-state index in [0.717, 1.165) is 35.2 Å². The summed E-state index contributed by atoms with van der Waals surface area (Å²) in [7, 11) is 1.63. The highest BCUT2D eigenvalue weighted by Gasteiger charge is 2.21. The van der Waals surface area contributed by atoms with Gasteiger partial charge in [-0.15, -0.1) is 0 Å². The number of ether oxygens (including phenoxy) is 2. The highest BCUT2D eigenvalue weighted by Crippen LogP contribution is 2.28. The van der Waals surface area contributed by atoms with Gasteiger partial charge < -0.3 is 14.8 Å². The fourth-order valence-corrected chi connectivity index (χ4v) is 2.77. The second-order valence-corrected chi connectivity index (χ2v) is 5.93. The van der Waals surface area contributed by atoms with Crippen LogP contribution in [0.1, 0.15) is 37.8 Å². The number of hydrogen-bond acceptors (Lipinski definition) is 3. The van der Waals surface area contributed by atoms with E-state index in [0.29, 0.717) is 6.42 Å². The standard InChI is InChI=1S/C15H20BrNO3/c1-10(13-6-5-11(16)8-14(13)19-2)17-15(18)9-12-4-3-7-20-12/h5-6,8,10,12H,3-4,7,9H2,1-2H3,(H,17,18)/t10-,12+/m1/s1. The van der Waals surface area contributed by atoms with E-state index in [-0.39, 0.29) is 18.1 Å². The van der Waals surface area contributed by atoms with Crippen LogP contribution in [0.5, 0.6) is 5.75 Å². The first-order chi connectivity index (χ1) is 9.60. The Bertz CT molecular complexity index is 472. The lowest BCUT2D eigenvalue weighted by atomic mass is 10.1. The van der Waals surface area contributed by atoms with Gasteiger partial charge in [0.1, 0.15) is 5.75 Å². The molecule has 1 aromatic rings. The molecule has 1 fully saturated rings. The largest absolute Gasteiger partial charge is 0.496 e. The minimum absolute atomic E-state index is 0.0226. The van der Waals surface area contributed by atoms with Crippen molar-refractivity contribution in [2.75, 3.05) is 13.7 Å². The summed E-state index contributed by atoms with van der Waals surface area (Å²) in [6.07, 6.45) is 2.54. The number of carbonyl (C=O) groups excluding carboxylic acids is 1. The van der Waals surface area contributed by atoms with Crippen LogP contribution in [0.15, 0.2) is 22.7 Å². The molecule has 2 atom stereocenters. The molecule has 0 spiro atoms. The Labute approximate surface area is 128 Å². The summed E-state index contributed by atoms with van der Waals surface area (Å²) >= 11 is 3.41. The van der Waals surface area contributed by atoms with E-state index in [1.807, 2.05) is 25.1 Å². The number of halogens is 1. The molecular formula is C15H20BrNO3. The molecule has 1 aliphatic heterocycles. The molecule has 0 saturated carbocycles. The zero-order valence-electron chi connectivity index (χ0n) is 11.8. The average molecular weight is 342 g/mol. The van der Waals surface area contributed by atoms with Gasteiger partial charge in [-0.3, -0.25) is 4.79 Å². The second-order valence-electron chi connectivity index (χ2n) is 5.01. The Hall–Kier alpha value is -1.07. The Morgan fingerprint density at radius 1 is 1.60 bits per heavy atom. The van der Waals surface area contributed by atoms with Crippen LogP contribution < -0.4 is 10.1 Å². The molecular weight excluding hydrogens is 322 g/mol. The molecule has 0 radical (unpaired) electrons. The van der Waals surface area contributed by atoms with Crippen LogP contribution in [0.4, 0.5) is 0 Å². The number of methoxy groups -OCH3 is 1. The number of benzene rings is 1. The van der Waals surface area contributed by atoms with Crippen molar-refractivity contribution < 1.29 is 14.3 Å². The van der Waals surface area contributed by atoms with Gasteiger partial charge in [-0.1, -0.05) is 22.0 Å². The van der Waals surface area contributed by atoms with E-state index in [4.69, 9.17) is 9.47 Å². The van der Waals surface area contributed by atoms with Crippen LogP contribution in [0.25, 0.3) is 0 Å². The van der Waals surface area contributed by atoms with Gasteiger partial charge >= 0.3 is 0 Å². The van der Waals surface area contributed by atoms with Crippen molar-refractivity contribution in [3.63, 3.8) is 0 Å². The van der Waals surface area contributed by atoms with E-state index in [1.54, 1.807) is 7.11 Å².